The average molecular weight is 433 g/mol. The van der Waals surface area contributed by atoms with Crippen molar-refractivity contribution >= 4 is 58.2 Å². The van der Waals surface area contributed by atoms with Crippen LogP contribution in [-0.4, -0.2) is 16.1 Å². The zero-order valence-electron chi connectivity index (χ0n) is 14.3. The van der Waals surface area contributed by atoms with Crippen molar-refractivity contribution in [1.29, 1.82) is 0 Å². The van der Waals surface area contributed by atoms with Crippen LogP contribution >= 0.6 is 35.4 Å². The van der Waals surface area contributed by atoms with Gasteiger partial charge in [-0.2, -0.15) is 0 Å². The fourth-order valence-corrected chi connectivity index (χ4v) is 2.93. The molecule has 0 aliphatic carbocycles. The van der Waals surface area contributed by atoms with Crippen LogP contribution in [-0.2, 0) is 4.79 Å². The molecule has 142 valence electrons. The fraction of sp³-hybridized carbons (Fsp3) is 0. The number of hydrogen-bond acceptors (Lipinski definition) is 4. The Bertz CT molecular complexity index is 1060. The van der Waals surface area contributed by atoms with Crippen LogP contribution in [0.25, 0.3) is 17.4 Å². The lowest BCUT2D eigenvalue weighted by atomic mass is 10.2. The van der Waals surface area contributed by atoms with Crippen LogP contribution in [0, 0.1) is 0 Å². The van der Waals surface area contributed by atoms with Gasteiger partial charge < -0.3 is 14.8 Å². The number of halogens is 2. The van der Waals surface area contributed by atoms with E-state index >= 15 is 0 Å². The molecule has 1 heterocycles. The van der Waals surface area contributed by atoms with Gasteiger partial charge in [-0.3, -0.25) is 10.1 Å². The Morgan fingerprint density at radius 2 is 1.86 bits per heavy atom. The lowest BCUT2D eigenvalue weighted by Gasteiger charge is -2.09. The molecule has 3 rings (SSSR count). The third kappa shape index (κ3) is 4.92. The number of carbonyl (C=O) groups excluding carboxylic acids is 1. The van der Waals surface area contributed by atoms with Crippen molar-refractivity contribution in [2.45, 2.75) is 0 Å². The summed E-state index contributed by atoms with van der Waals surface area (Å²) in [6, 6.07) is 15.2. The highest BCUT2D eigenvalue weighted by Gasteiger charge is 2.10. The molecule has 1 amide bonds. The lowest BCUT2D eigenvalue weighted by molar-refractivity contribution is -0.115. The van der Waals surface area contributed by atoms with Gasteiger partial charge in [-0.05, 0) is 54.7 Å². The van der Waals surface area contributed by atoms with E-state index in [1.807, 2.05) is 0 Å². The molecule has 3 aromatic rings. The van der Waals surface area contributed by atoms with E-state index < -0.39 is 5.91 Å². The topological polar surface area (TPSA) is 74.5 Å². The number of aromatic hydroxyl groups is 1. The van der Waals surface area contributed by atoms with Gasteiger partial charge in [-0.15, -0.1) is 0 Å². The van der Waals surface area contributed by atoms with Gasteiger partial charge in [0, 0.05) is 11.6 Å². The summed E-state index contributed by atoms with van der Waals surface area (Å²) in [5.74, 6) is 0.564. The van der Waals surface area contributed by atoms with E-state index in [0.29, 0.717) is 32.8 Å². The van der Waals surface area contributed by atoms with Crippen LogP contribution in [0.4, 0.5) is 5.69 Å². The van der Waals surface area contributed by atoms with Crippen molar-refractivity contribution in [3.05, 3.63) is 76.5 Å². The first-order valence-corrected chi connectivity index (χ1v) is 9.22. The quantitative estimate of drug-likeness (QED) is 0.289. The molecule has 0 radical (unpaired) electrons. The van der Waals surface area contributed by atoms with Crippen LogP contribution in [0.1, 0.15) is 5.76 Å². The molecule has 5 nitrogen and oxygen atoms in total. The number of phenols is 1. The van der Waals surface area contributed by atoms with E-state index in [1.165, 1.54) is 18.2 Å². The van der Waals surface area contributed by atoms with Crippen LogP contribution in [0.5, 0.6) is 5.75 Å². The fourth-order valence-electron chi connectivity index (χ4n) is 2.33. The maximum atomic E-state index is 12.0. The number of rotatable bonds is 4. The smallest absolute Gasteiger partial charge is 0.250 e. The molecule has 0 unspecified atom stereocenters. The van der Waals surface area contributed by atoms with Gasteiger partial charge in [0.1, 0.15) is 17.3 Å². The maximum absolute atomic E-state index is 12.0. The van der Waals surface area contributed by atoms with E-state index in [-0.39, 0.29) is 10.9 Å². The Morgan fingerprint density at radius 3 is 2.64 bits per heavy atom. The maximum Gasteiger partial charge on any atom is 0.250 e. The van der Waals surface area contributed by atoms with E-state index in [4.69, 9.17) is 39.8 Å². The van der Waals surface area contributed by atoms with Crippen LogP contribution in [0.3, 0.4) is 0 Å². The number of para-hydroxylation sites is 2. The second kappa shape index (κ2) is 8.93. The first-order valence-electron chi connectivity index (χ1n) is 8.06. The van der Waals surface area contributed by atoms with E-state index in [2.05, 4.69) is 10.6 Å². The summed E-state index contributed by atoms with van der Waals surface area (Å²) < 4.78 is 5.68. The number of amides is 1. The van der Waals surface area contributed by atoms with Crippen LogP contribution in [0.2, 0.25) is 10.0 Å². The van der Waals surface area contributed by atoms with Crippen molar-refractivity contribution < 1.29 is 14.3 Å². The third-order valence-corrected chi connectivity index (χ3v) is 4.65. The molecule has 0 spiro atoms. The van der Waals surface area contributed by atoms with Crippen molar-refractivity contribution in [3.63, 3.8) is 0 Å². The van der Waals surface area contributed by atoms with E-state index in [1.54, 1.807) is 48.5 Å². The van der Waals surface area contributed by atoms with Crippen molar-refractivity contribution in [3.8, 4) is 17.1 Å². The second-order valence-electron chi connectivity index (χ2n) is 5.60. The molecule has 0 aliphatic heterocycles. The van der Waals surface area contributed by atoms with Crippen molar-refractivity contribution in [2.75, 3.05) is 5.32 Å². The molecule has 8 heteroatoms. The van der Waals surface area contributed by atoms with Gasteiger partial charge in [-0.1, -0.05) is 41.4 Å². The van der Waals surface area contributed by atoms with Crippen LogP contribution < -0.4 is 10.6 Å². The minimum absolute atomic E-state index is 0.0254. The Morgan fingerprint density at radius 1 is 1.07 bits per heavy atom. The number of hydrogen-bond donors (Lipinski definition) is 3. The first-order chi connectivity index (χ1) is 13.4. The highest BCUT2D eigenvalue weighted by atomic mass is 35.5. The van der Waals surface area contributed by atoms with Gasteiger partial charge in [0.2, 0.25) is 5.91 Å². The third-order valence-electron chi connectivity index (χ3n) is 3.63. The average Bonchev–Trinajstić information content (AvgIpc) is 3.13. The molecule has 1 aromatic heterocycles. The van der Waals surface area contributed by atoms with Gasteiger partial charge in [0.15, 0.2) is 5.11 Å². The minimum Gasteiger partial charge on any atom is -0.506 e. The molecule has 0 aliphatic rings. The number of carbonyl (C=O) groups is 1. The highest BCUT2D eigenvalue weighted by molar-refractivity contribution is 7.80. The molecular formula is C20H14Cl2N2O3S. The molecule has 0 saturated carbocycles. The Hall–Kier alpha value is -2.80. The minimum atomic E-state index is -0.452. The molecule has 2 aromatic carbocycles. The number of phenolic OH excluding ortho intramolecular Hbond substituents is 1. The summed E-state index contributed by atoms with van der Waals surface area (Å²) in [4.78, 5) is 12.0. The highest BCUT2D eigenvalue weighted by Crippen LogP contribution is 2.34. The second-order valence-corrected chi connectivity index (χ2v) is 6.79. The largest absolute Gasteiger partial charge is 0.506 e. The zero-order chi connectivity index (χ0) is 20.1. The Kier molecular flexibility index (Phi) is 6.36. The van der Waals surface area contributed by atoms with Gasteiger partial charge in [-0.25, -0.2) is 0 Å². The summed E-state index contributed by atoms with van der Waals surface area (Å²) in [6.07, 6.45) is 2.78. The zero-order valence-corrected chi connectivity index (χ0v) is 16.6. The molecule has 0 bridgehead atoms. The first kappa shape index (κ1) is 19.9. The van der Waals surface area contributed by atoms with Gasteiger partial charge in [0.25, 0.3) is 0 Å². The number of anilines is 1. The molecule has 28 heavy (non-hydrogen) atoms. The number of thiocarbonyl (C=S) groups is 1. The molecule has 3 N–H and O–H groups in total. The van der Waals surface area contributed by atoms with E-state index in [9.17, 15) is 9.90 Å². The summed E-state index contributed by atoms with van der Waals surface area (Å²) in [5.41, 5.74) is 1.05. The van der Waals surface area contributed by atoms with Crippen molar-refractivity contribution in [2.24, 2.45) is 0 Å². The molecule has 0 fully saturated rings. The summed E-state index contributed by atoms with van der Waals surface area (Å²) in [5, 5.41) is 15.8. The molecule has 0 atom stereocenters. The summed E-state index contributed by atoms with van der Waals surface area (Å²) in [7, 11) is 0. The number of nitrogens with one attached hydrogen (secondary N) is 2. The Labute approximate surface area is 176 Å². The SMILES string of the molecule is O=C(C=Cc1ccc(-c2cccc(Cl)c2Cl)o1)NC(=S)Nc1ccccc1O. The molecule has 0 saturated heterocycles. The summed E-state index contributed by atoms with van der Waals surface area (Å²) >= 11 is 17.3. The predicted octanol–water partition coefficient (Wildman–Crippen LogP) is 5.49. The van der Waals surface area contributed by atoms with Crippen LogP contribution in [0.15, 0.2) is 65.1 Å². The van der Waals surface area contributed by atoms with Crippen molar-refractivity contribution in [1.82, 2.24) is 5.32 Å². The van der Waals surface area contributed by atoms with E-state index in [0.717, 1.165) is 0 Å². The lowest BCUT2D eigenvalue weighted by Crippen LogP contribution is -2.32. The van der Waals surface area contributed by atoms with Gasteiger partial charge in [0.05, 0.1) is 15.7 Å². The normalized spacial score (nSPS) is 10.8. The standard InChI is InChI=1S/C20H14Cl2N2O3S/c21-14-5-3-4-13(19(14)22)17-10-8-12(27-17)9-11-18(26)24-20(28)23-15-6-1-2-7-16(15)25/h1-11,25H,(H2,23,24,26,28). The number of benzene rings is 2. The predicted molar refractivity (Wildman–Crippen MR) is 116 cm³/mol. The summed E-state index contributed by atoms with van der Waals surface area (Å²) in [6.45, 7) is 0. The Balaban J connectivity index is 1.62. The van der Waals surface area contributed by atoms with Gasteiger partial charge >= 0.3 is 0 Å². The molecular weight excluding hydrogens is 419 g/mol. The number of furan rings is 1. The monoisotopic (exact) mass is 432 g/mol.